The quantitative estimate of drug-likeness (QED) is 0.786. The number of nitrogens with zero attached hydrogens (tertiary/aromatic N) is 2. The molecule has 0 bridgehead atoms. The fourth-order valence-electron chi connectivity index (χ4n) is 1.79. The number of aliphatic hydroxyl groups is 1. The lowest BCUT2D eigenvalue weighted by atomic mass is 10.3. The van der Waals surface area contributed by atoms with Crippen LogP contribution in [0, 0.1) is 0 Å². The molecule has 0 saturated heterocycles. The van der Waals surface area contributed by atoms with E-state index in [0.29, 0.717) is 5.25 Å². The first-order valence-electron chi connectivity index (χ1n) is 6.60. The molecule has 1 heterocycles. The maximum Gasteiger partial charge on any atom is 0.0757 e. The van der Waals surface area contributed by atoms with E-state index in [1.165, 1.54) is 0 Å². The zero-order valence-corrected chi connectivity index (χ0v) is 14.8. The lowest BCUT2D eigenvalue weighted by Crippen LogP contribution is -2.33. The molecule has 118 valence electrons. The van der Waals surface area contributed by atoms with E-state index in [1.807, 2.05) is 24.4 Å². The summed E-state index contributed by atoms with van der Waals surface area (Å²) in [5.41, 5.74) is 1.08. The molecule has 0 amide bonds. The monoisotopic (exact) mass is 340 g/mol. The summed E-state index contributed by atoms with van der Waals surface area (Å²) >= 11 is 1.76. The zero-order valence-electron chi connectivity index (χ0n) is 12.4. The topological polar surface area (TPSA) is 36.4 Å². The highest BCUT2D eigenvalue weighted by Crippen LogP contribution is 2.26. The van der Waals surface area contributed by atoms with Gasteiger partial charge in [-0.1, -0.05) is 19.9 Å². The van der Waals surface area contributed by atoms with Crippen molar-refractivity contribution in [1.82, 2.24) is 9.88 Å². The first kappa shape index (κ1) is 22.3. The van der Waals surface area contributed by atoms with Gasteiger partial charge in [0, 0.05) is 23.7 Å². The van der Waals surface area contributed by atoms with E-state index in [4.69, 9.17) is 0 Å². The Morgan fingerprint density at radius 3 is 2.40 bits per heavy atom. The van der Waals surface area contributed by atoms with Crippen LogP contribution in [0.25, 0.3) is 0 Å². The third kappa shape index (κ3) is 8.32. The van der Waals surface area contributed by atoms with Crippen LogP contribution in [0.15, 0.2) is 24.4 Å². The molecule has 20 heavy (non-hydrogen) atoms. The highest BCUT2D eigenvalue weighted by molar-refractivity contribution is 7.99. The lowest BCUT2D eigenvalue weighted by Gasteiger charge is -2.22. The molecule has 1 aromatic heterocycles. The van der Waals surface area contributed by atoms with Crippen molar-refractivity contribution in [2.45, 2.75) is 32.1 Å². The molecular formula is C14H26Cl2N2OS. The molecule has 0 aliphatic rings. The van der Waals surface area contributed by atoms with Crippen molar-refractivity contribution in [2.75, 3.05) is 25.4 Å². The van der Waals surface area contributed by atoms with E-state index in [1.54, 1.807) is 11.8 Å². The fraction of sp³-hybridized carbons (Fsp3) is 0.643. The molecule has 0 saturated carbocycles. The first-order valence-corrected chi connectivity index (χ1v) is 7.65. The fourth-order valence-corrected chi connectivity index (χ4v) is 2.72. The molecule has 0 aliphatic heterocycles. The van der Waals surface area contributed by atoms with Crippen molar-refractivity contribution < 1.29 is 5.11 Å². The van der Waals surface area contributed by atoms with Crippen molar-refractivity contribution in [3.63, 3.8) is 0 Å². The van der Waals surface area contributed by atoms with E-state index in [9.17, 15) is 5.11 Å². The number of pyridine rings is 1. The third-order valence-electron chi connectivity index (χ3n) is 3.01. The van der Waals surface area contributed by atoms with Gasteiger partial charge in [-0.15, -0.1) is 36.6 Å². The van der Waals surface area contributed by atoms with Crippen molar-refractivity contribution >= 4 is 36.6 Å². The molecular weight excluding hydrogens is 315 g/mol. The Balaban J connectivity index is 0. The molecule has 0 aromatic carbocycles. The van der Waals surface area contributed by atoms with Gasteiger partial charge < -0.3 is 10.0 Å². The van der Waals surface area contributed by atoms with Crippen LogP contribution in [0.2, 0.25) is 0 Å². The largest absolute Gasteiger partial charge is 0.391 e. The minimum atomic E-state index is -0.263. The van der Waals surface area contributed by atoms with Crippen LogP contribution in [0.4, 0.5) is 0 Å². The zero-order chi connectivity index (χ0) is 13.4. The Kier molecular flexibility index (Phi) is 14.2. The average molecular weight is 341 g/mol. The van der Waals surface area contributed by atoms with Gasteiger partial charge in [0.2, 0.25) is 0 Å². The van der Waals surface area contributed by atoms with Gasteiger partial charge in [-0.2, -0.15) is 0 Å². The Morgan fingerprint density at radius 2 is 1.90 bits per heavy atom. The van der Waals surface area contributed by atoms with Crippen LogP contribution < -0.4 is 0 Å². The van der Waals surface area contributed by atoms with E-state index < -0.39 is 0 Å². The van der Waals surface area contributed by atoms with E-state index in [2.05, 4.69) is 30.7 Å². The molecule has 1 rings (SSSR count). The summed E-state index contributed by atoms with van der Waals surface area (Å²) in [6, 6.07) is 5.97. The van der Waals surface area contributed by atoms with Crippen molar-refractivity contribution in [3.8, 4) is 0 Å². The van der Waals surface area contributed by atoms with Gasteiger partial charge >= 0.3 is 0 Å². The number of aromatic nitrogens is 1. The Labute approximate surface area is 139 Å². The number of hydrogen-bond donors (Lipinski definition) is 1. The van der Waals surface area contributed by atoms with Gasteiger partial charge in [0.1, 0.15) is 0 Å². The number of hydrogen-bond acceptors (Lipinski definition) is 4. The molecule has 6 heteroatoms. The van der Waals surface area contributed by atoms with Gasteiger partial charge in [-0.3, -0.25) is 4.98 Å². The SMILES string of the molecule is CCN(CC)CC(O)CSC(C)c1ccccn1.Cl.Cl. The van der Waals surface area contributed by atoms with Gasteiger partial charge in [-0.05, 0) is 32.1 Å². The standard InChI is InChI=1S/C14H24N2OS.2ClH/c1-4-16(5-2)10-13(17)11-18-12(3)14-8-6-7-9-15-14;;/h6-9,12-13,17H,4-5,10-11H2,1-3H3;2*1H. The van der Waals surface area contributed by atoms with Crippen LogP contribution in [0.3, 0.4) is 0 Å². The summed E-state index contributed by atoms with van der Waals surface area (Å²) < 4.78 is 0. The van der Waals surface area contributed by atoms with Gasteiger partial charge in [0.15, 0.2) is 0 Å². The molecule has 2 atom stereocenters. The van der Waals surface area contributed by atoms with E-state index in [0.717, 1.165) is 31.1 Å². The smallest absolute Gasteiger partial charge is 0.0757 e. The Morgan fingerprint density at radius 1 is 1.25 bits per heavy atom. The number of rotatable bonds is 8. The Hall–Kier alpha value is -0.000000000000000111. The second-order valence-electron chi connectivity index (χ2n) is 4.37. The summed E-state index contributed by atoms with van der Waals surface area (Å²) in [6.07, 6.45) is 1.56. The van der Waals surface area contributed by atoms with E-state index >= 15 is 0 Å². The minimum absolute atomic E-state index is 0. The third-order valence-corrected chi connectivity index (χ3v) is 4.32. The van der Waals surface area contributed by atoms with Crippen LogP contribution >= 0.6 is 36.6 Å². The minimum Gasteiger partial charge on any atom is -0.391 e. The molecule has 0 fully saturated rings. The molecule has 1 aromatic rings. The molecule has 0 aliphatic carbocycles. The molecule has 2 unspecified atom stereocenters. The first-order chi connectivity index (χ1) is 8.67. The maximum absolute atomic E-state index is 9.99. The summed E-state index contributed by atoms with van der Waals surface area (Å²) in [5.74, 6) is 0.758. The molecule has 0 spiro atoms. The highest BCUT2D eigenvalue weighted by Gasteiger charge is 2.12. The normalized spacial score (nSPS) is 13.2. The second-order valence-corrected chi connectivity index (χ2v) is 5.74. The van der Waals surface area contributed by atoms with Crippen LogP contribution in [-0.4, -0.2) is 46.5 Å². The van der Waals surface area contributed by atoms with E-state index in [-0.39, 0.29) is 30.9 Å². The van der Waals surface area contributed by atoms with Crippen LogP contribution in [0.1, 0.15) is 31.7 Å². The number of likely N-dealkylation sites (N-methyl/N-ethyl adjacent to an activating group) is 1. The van der Waals surface area contributed by atoms with Gasteiger partial charge in [0.25, 0.3) is 0 Å². The number of thioether (sulfide) groups is 1. The van der Waals surface area contributed by atoms with Gasteiger partial charge in [0.05, 0.1) is 11.8 Å². The predicted octanol–water partition coefficient (Wildman–Crippen LogP) is 3.42. The van der Waals surface area contributed by atoms with Gasteiger partial charge in [-0.25, -0.2) is 0 Å². The summed E-state index contributed by atoms with van der Waals surface area (Å²) in [6.45, 7) is 9.13. The van der Waals surface area contributed by atoms with Crippen LogP contribution in [-0.2, 0) is 0 Å². The number of halogens is 2. The summed E-state index contributed by atoms with van der Waals surface area (Å²) in [5, 5.41) is 10.3. The average Bonchev–Trinajstić information content (AvgIpc) is 2.43. The van der Waals surface area contributed by atoms with Crippen molar-refractivity contribution in [1.29, 1.82) is 0 Å². The molecule has 3 nitrogen and oxygen atoms in total. The number of aliphatic hydroxyl groups excluding tert-OH is 1. The van der Waals surface area contributed by atoms with Crippen LogP contribution in [0.5, 0.6) is 0 Å². The van der Waals surface area contributed by atoms with Crippen molar-refractivity contribution in [2.24, 2.45) is 0 Å². The Bertz CT molecular complexity index is 326. The maximum atomic E-state index is 9.99. The summed E-state index contributed by atoms with van der Waals surface area (Å²) in [7, 11) is 0. The van der Waals surface area contributed by atoms with Crippen molar-refractivity contribution in [3.05, 3.63) is 30.1 Å². The lowest BCUT2D eigenvalue weighted by molar-refractivity contribution is 0.136. The second kappa shape index (κ2) is 12.7. The predicted molar refractivity (Wildman–Crippen MR) is 93.4 cm³/mol. The molecule has 1 N–H and O–H groups in total. The summed E-state index contributed by atoms with van der Waals surface area (Å²) in [4.78, 5) is 6.58. The molecule has 0 radical (unpaired) electrons. The highest BCUT2D eigenvalue weighted by atomic mass is 35.5.